The van der Waals surface area contributed by atoms with Gasteiger partial charge in [0.05, 0.1) is 6.54 Å². The number of hydrogen-bond donors (Lipinski definition) is 1. The largest absolute Gasteiger partial charge is 0.465 e. The van der Waals surface area contributed by atoms with Gasteiger partial charge in [-0.05, 0) is 48.5 Å². The quantitative estimate of drug-likeness (QED) is 0.887. The van der Waals surface area contributed by atoms with Crippen LogP contribution in [0.5, 0.6) is 0 Å². The minimum atomic E-state index is 0.256. The Kier molecular flexibility index (Phi) is 3.99. The van der Waals surface area contributed by atoms with Crippen molar-refractivity contribution in [3.8, 4) is 0 Å². The molecule has 0 amide bonds. The molecule has 2 rings (SSSR count). The first-order valence-corrected chi connectivity index (χ1v) is 6.62. The van der Waals surface area contributed by atoms with Gasteiger partial charge in [0.1, 0.15) is 11.5 Å². The van der Waals surface area contributed by atoms with Crippen LogP contribution in [0.1, 0.15) is 23.1 Å². The van der Waals surface area contributed by atoms with Gasteiger partial charge in [-0.3, -0.25) is 4.90 Å². The number of nitrogens with two attached hydrogens (primary N) is 1. The zero-order chi connectivity index (χ0) is 12.3. The van der Waals surface area contributed by atoms with Gasteiger partial charge in [0.15, 0.2) is 0 Å². The zero-order valence-corrected chi connectivity index (χ0v) is 11.0. The average molecular weight is 250 g/mol. The minimum Gasteiger partial charge on any atom is -0.465 e. The van der Waals surface area contributed by atoms with Gasteiger partial charge in [0, 0.05) is 12.6 Å². The van der Waals surface area contributed by atoms with Crippen molar-refractivity contribution < 1.29 is 4.42 Å². The standard InChI is InChI=1S/C13H18N2OS/c1-10-3-4-12(16-10)8-15(2)13(7-14)11-5-6-17-9-11/h3-6,9,13H,7-8,14H2,1-2H3. The lowest BCUT2D eigenvalue weighted by Crippen LogP contribution is -2.29. The third-order valence-electron chi connectivity index (χ3n) is 2.88. The molecule has 0 bridgehead atoms. The third kappa shape index (κ3) is 2.97. The second-order valence-corrected chi connectivity index (χ2v) is 5.02. The van der Waals surface area contributed by atoms with Gasteiger partial charge in [-0.25, -0.2) is 0 Å². The molecule has 2 aromatic heterocycles. The van der Waals surface area contributed by atoms with Crippen LogP contribution < -0.4 is 5.73 Å². The highest BCUT2D eigenvalue weighted by molar-refractivity contribution is 7.07. The molecule has 0 aliphatic rings. The summed E-state index contributed by atoms with van der Waals surface area (Å²) in [6, 6.07) is 6.40. The summed E-state index contributed by atoms with van der Waals surface area (Å²) in [5.74, 6) is 1.94. The van der Waals surface area contributed by atoms with Crippen molar-refractivity contribution in [2.24, 2.45) is 5.73 Å². The molecule has 2 N–H and O–H groups in total. The van der Waals surface area contributed by atoms with E-state index in [2.05, 4.69) is 28.8 Å². The Labute approximate surface area is 106 Å². The summed E-state index contributed by atoms with van der Waals surface area (Å²) in [4.78, 5) is 2.22. The summed E-state index contributed by atoms with van der Waals surface area (Å²) in [6.07, 6.45) is 0. The zero-order valence-electron chi connectivity index (χ0n) is 10.2. The van der Waals surface area contributed by atoms with Crippen LogP contribution in [-0.2, 0) is 6.54 Å². The van der Waals surface area contributed by atoms with Crippen molar-refractivity contribution in [3.05, 3.63) is 46.0 Å². The van der Waals surface area contributed by atoms with Crippen LogP contribution in [0.3, 0.4) is 0 Å². The second kappa shape index (κ2) is 5.49. The van der Waals surface area contributed by atoms with E-state index in [1.807, 2.05) is 19.1 Å². The summed E-state index contributed by atoms with van der Waals surface area (Å²) in [5.41, 5.74) is 7.14. The van der Waals surface area contributed by atoms with E-state index in [4.69, 9.17) is 10.2 Å². The number of rotatable bonds is 5. The second-order valence-electron chi connectivity index (χ2n) is 4.24. The smallest absolute Gasteiger partial charge is 0.118 e. The van der Waals surface area contributed by atoms with Crippen LogP contribution in [0.15, 0.2) is 33.4 Å². The monoisotopic (exact) mass is 250 g/mol. The third-order valence-corrected chi connectivity index (χ3v) is 3.59. The van der Waals surface area contributed by atoms with Gasteiger partial charge in [0.2, 0.25) is 0 Å². The summed E-state index contributed by atoms with van der Waals surface area (Å²) in [7, 11) is 2.08. The van der Waals surface area contributed by atoms with E-state index < -0.39 is 0 Å². The highest BCUT2D eigenvalue weighted by Gasteiger charge is 2.16. The molecule has 2 heterocycles. The summed E-state index contributed by atoms with van der Waals surface area (Å²) in [5, 5.41) is 4.24. The molecule has 92 valence electrons. The fraction of sp³-hybridized carbons (Fsp3) is 0.385. The topological polar surface area (TPSA) is 42.4 Å². The molecule has 17 heavy (non-hydrogen) atoms. The predicted molar refractivity (Wildman–Crippen MR) is 71.0 cm³/mol. The first kappa shape index (κ1) is 12.4. The number of thiophene rings is 1. The normalized spacial score (nSPS) is 13.2. The molecule has 3 nitrogen and oxygen atoms in total. The lowest BCUT2D eigenvalue weighted by molar-refractivity contribution is 0.222. The molecule has 2 aromatic rings. The Morgan fingerprint density at radius 2 is 2.24 bits per heavy atom. The molecular formula is C13H18N2OS. The average Bonchev–Trinajstić information content (AvgIpc) is 2.92. The van der Waals surface area contributed by atoms with E-state index in [0.717, 1.165) is 18.1 Å². The van der Waals surface area contributed by atoms with Crippen LogP contribution in [0, 0.1) is 6.92 Å². The summed E-state index contributed by atoms with van der Waals surface area (Å²) in [6.45, 7) is 3.36. The van der Waals surface area contributed by atoms with Gasteiger partial charge >= 0.3 is 0 Å². The molecule has 4 heteroatoms. The van der Waals surface area contributed by atoms with Gasteiger partial charge in [0.25, 0.3) is 0 Å². The Morgan fingerprint density at radius 3 is 2.76 bits per heavy atom. The van der Waals surface area contributed by atoms with Gasteiger partial charge in [-0.2, -0.15) is 11.3 Å². The number of hydrogen-bond acceptors (Lipinski definition) is 4. The van der Waals surface area contributed by atoms with Crippen LogP contribution in [0.25, 0.3) is 0 Å². The number of aryl methyl sites for hydroxylation is 1. The van der Waals surface area contributed by atoms with E-state index in [1.165, 1.54) is 5.56 Å². The van der Waals surface area contributed by atoms with E-state index in [9.17, 15) is 0 Å². The van der Waals surface area contributed by atoms with Crippen molar-refractivity contribution >= 4 is 11.3 Å². The van der Waals surface area contributed by atoms with Gasteiger partial charge in [-0.1, -0.05) is 0 Å². The van der Waals surface area contributed by atoms with E-state index in [0.29, 0.717) is 6.54 Å². The maximum atomic E-state index is 5.86. The van der Waals surface area contributed by atoms with Crippen LogP contribution in [-0.4, -0.2) is 18.5 Å². The van der Waals surface area contributed by atoms with Crippen LogP contribution in [0.4, 0.5) is 0 Å². The molecule has 0 saturated carbocycles. The summed E-state index contributed by atoms with van der Waals surface area (Å²) < 4.78 is 5.59. The lowest BCUT2D eigenvalue weighted by Gasteiger charge is -2.25. The maximum Gasteiger partial charge on any atom is 0.118 e. The Morgan fingerprint density at radius 1 is 1.41 bits per heavy atom. The highest BCUT2D eigenvalue weighted by Crippen LogP contribution is 2.22. The molecule has 1 atom stereocenters. The van der Waals surface area contributed by atoms with Crippen molar-refractivity contribution in [2.75, 3.05) is 13.6 Å². The number of likely N-dealkylation sites (N-methyl/N-ethyl adjacent to an activating group) is 1. The molecule has 0 fully saturated rings. The van der Waals surface area contributed by atoms with E-state index in [1.54, 1.807) is 11.3 Å². The molecule has 0 aliphatic carbocycles. The Bertz CT molecular complexity index is 450. The fourth-order valence-electron chi connectivity index (χ4n) is 1.96. The fourth-order valence-corrected chi connectivity index (χ4v) is 2.67. The molecular weight excluding hydrogens is 232 g/mol. The molecule has 0 saturated heterocycles. The van der Waals surface area contributed by atoms with Crippen molar-refractivity contribution in [2.45, 2.75) is 19.5 Å². The number of nitrogens with zero attached hydrogens (tertiary/aromatic N) is 1. The maximum absolute atomic E-state index is 5.86. The van der Waals surface area contributed by atoms with Gasteiger partial charge in [-0.15, -0.1) is 0 Å². The van der Waals surface area contributed by atoms with Crippen molar-refractivity contribution in [1.29, 1.82) is 0 Å². The molecule has 1 unspecified atom stereocenters. The Hall–Kier alpha value is -1.10. The SMILES string of the molecule is Cc1ccc(CN(C)C(CN)c2ccsc2)o1. The molecule has 0 aliphatic heterocycles. The molecule has 0 radical (unpaired) electrons. The van der Waals surface area contributed by atoms with Crippen LogP contribution >= 0.6 is 11.3 Å². The van der Waals surface area contributed by atoms with E-state index in [-0.39, 0.29) is 6.04 Å². The highest BCUT2D eigenvalue weighted by atomic mass is 32.1. The molecule has 0 spiro atoms. The number of furan rings is 1. The van der Waals surface area contributed by atoms with Gasteiger partial charge < -0.3 is 10.2 Å². The van der Waals surface area contributed by atoms with Crippen LogP contribution in [0.2, 0.25) is 0 Å². The van der Waals surface area contributed by atoms with Crippen molar-refractivity contribution in [1.82, 2.24) is 4.90 Å². The summed E-state index contributed by atoms with van der Waals surface area (Å²) >= 11 is 1.71. The first-order chi connectivity index (χ1) is 8.20. The first-order valence-electron chi connectivity index (χ1n) is 5.68. The minimum absolute atomic E-state index is 0.256. The molecule has 0 aromatic carbocycles. The van der Waals surface area contributed by atoms with Crippen molar-refractivity contribution in [3.63, 3.8) is 0 Å². The van der Waals surface area contributed by atoms with E-state index >= 15 is 0 Å². The Balaban J connectivity index is 2.05. The predicted octanol–water partition coefficient (Wildman–Crippen LogP) is 2.78. The lowest BCUT2D eigenvalue weighted by atomic mass is 10.1.